The zero-order valence-corrected chi connectivity index (χ0v) is 25.9. The van der Waals surface area contributed by atoms with E-state index in [9.17, 15) is 31.2 Å². The molecule has 0 saturated carbocycles. The second-order valence-electron chi connectivity index (χ2n) is 10.6. The van der Waals surface area contributed by atoms with E-state index in [2.05, 4.69) is 15.3 Å². The molecular weight excluding hydrogens is 637 g/mol. The summed E-state index contributed by atoms with van der Waals surface area (Å²) >= 11 is 5.84. The van der Waals surface area contributed by atoms with Crippen LogP contribution < -0.4 is 19.9 Å². The summed E-state index contributed by atoms with van der Waals surface area (Å²) in [6, 6.07) is 9.09. The average molecular weight is 667 g/mol. The number of amides is 3. The summed E-state index contributed by atoms with van der Waals surface area (Å²) in [5.74, 6) is -0.559. The van der Waals surface area contributed by atoms with E-state index in [1.165, 1.54) is 17.0 Å². The van der Waals surface area contributed by atoms with Gasteiger partial charge in [-0.1, -0.05) is 11.6 Å². The minimum Gasteiger partial charge on any atom is -0.477 e. The molecule has 2 aliphatic rings. The van der Waals surface area contributed by atoms with Crippen LogP contribution in [0, 0.1) is 0 Å². The third-order valence-corrected chi connectivity index (χ3v) is 8.60. The minimum atomic E-state index is -4.72. The number of anilines is 2. The van der Waals surface area contributed by atoms with Gasteiger partial charge in [-0.15, -0.1) is 0 Å². The van der Waals surface area contributed by atoms with Crippen LogP contribution in [0.1, 0.15) is 23.0 Å². The summed E-state index contributed by atoms with van der Waals surface area (Å²) in [6.45, 7) is 2.66. The Hall–Kier alpha value is -4.11. The molecule has 0 bridgehead atoms. The van der Waals surface area contributed by atoms with Crippen LogP contribution in [-0.4, -0.2) is 92.6 Å². The first-order valence-electron chi connectivity index (χ1n) is 14.0. The Morgan fingerprint density at radius 2 is 1.89 bits per heavy atom. The van der Waals surface area contributed by atoms with Crippen LogP contribution in [0.3, 0.4) is 0 Å². The van der Waals surface area contributed by atoms with Crippen molar-refractivity contribution >= 4 is 44.8 Å². The lowest BCUT2D eigenvalue weighted by Gasteiger charge is -2.38. The molecule has 1 aromatic carbocycles. The number of pyridine rings is 2. The molecule has 1 N–H and O–H groups in total. The first-order chi connectivity index (χ1) is 21.3. The van der Waals surface area contributed by atoms with Crippen molar-refractivity contribution < 1.29 is 35.9 Å². The standard InChI is InChI=1S/C29H30ClF3N6O5S/c1-3-44-27-20(5-4-10-35-27)22-7-9-24(25(36-22)26(40)34-11-14-45(2,42)43)37-12-13-38-19(16-37)17-39(28(38)41)23-8-6-18(30)15-21(23)29(31,32)33/h4-10,15,19H,3,11-14,16-17H2,1-2H3,(H,34,40)/t19-/m0/s1. The maximum atomic E-state index is 13.9. The summed E-state index contributed by atoms with van der Waals surface area (Å²) in [5, 5.41) is 2.52. The van der Waals surface area contributed by atoms with Crippen molar-refractivity contribution in [3.63, 3.8) is 0 Å². The van der Waals surface area contributed by atoms with E-state index in [0.29, 0.717) is 29.4 Å². The monoisotopic (exact) mass is 666 g/mol. The van der Waals surface area contributed by atoms with Crippen molar-refractivity contribution in [2.45, 2.75) is 19.1 Å². The van der Waals surface area contributed by atoms with Gasteiger partial charge in [0.2, 0.25) is 5.88 Å². The van der Waals surface area contributed by atoms with Crippen molar-refractivity contribution in [3.8, 4) is 17.1 Å². The van der Waals surface area contributed by atoms with Gasteiger partial charge in [0.05, 0.1) is 46.6 Å². The zero-order chi connectivity index (χ0) is 32.5. The van der Waals surface area contributed by atoms with E-state index in [-0.39, 0.29) is 54.9 Å². The highest BCUT2D eigenvalue weighted by atomic mass is 35.5. The number of nitrogens with zero attached hydrogens (tertiary/aromatic N) is 5. The van der Waals surface area contributed by atoms with Crippen molar-refractivity contribution in [3.05, 3.63) is 64.9 Å². The van der Waals surface area contributed by atoms with E-state index in [0.717, 1.165) is 17.2 Å². The number of urea groups is 1. The summed E-state index contributed by atoms with van der Waals surface area (Å²) in [4.78, 5) is 40.1. The molecule has 11 nitrogen and oxygen atoms in total. The maximum absolute atomic E-state index is 13.9. The molecule has 45 heavy (non-hydrogen) atoms. The van der Waals surface area contributed by atoms with E-state index in [1.807, 2.05) is 4.90 Å². The van der Waals surface area contributed by atoms with Crippen molar-refractivity contribution in [1.82, 2.24) is 20.2 Å². The number of aromatic nitrogens is 2. The molecule has 16 heteroatoms. The molecule has 4 heterocycles. The lowest BCUT2D eigenvalue weighted by molar-refractivity contribution is -0.137. The van der Waals surface area contributed by atoms with Crippen molar-refractivity contribution in [2.75, 3.05) is 61.1 Å². The molecule has 0 aliphatic carbocycles. The van der Waals surface area contributed by atoms with Gasteiger partial charge in [0.15, 0.2) is 5.69 Å². The number of sulfone groups is 1. The van der Waals surface area contributed by atoms with Gasteiger partial charge in [-0.25, -0.2) is 23.2 Å². The highest BCUT2D eigenvalue weighted by Crippen LogP contribution is 2.40. The van der Waals surface area contributed by atoms with E-state index in [1.54, 1.807) is 37.4 Å². The number of alkyl halides is 3. The van der Waals surface area contributed by atoms with E-state index >= 15 is 0 Å². The second-order valence-corrected chi connectivity index (χ2v) is 13.3. The number of rotatable bonds is 9. The Morgan fingerprint density at radius 1 is 1.13 bits per heavy atom. The lowest BCUT2D eigenvalue weighted by Crippen LogP contribution is -2.52. The van der Waals surface area contributed by atoms with Gasteiger partial charge in [-0.05, 0) is 49.4 Å². The van der Waals surface area contributed by atoms with Crippen molar-refractivity contribution in [1.29, 1.82) is 0 Å². The third kappa shape index (κ3) is 7.09. The molecule has 0 radical (unpaired) electrons. The Morgan fingerprint density at radius 3 is 2.60 bits per heavy atom. The lowest BCUT2D eigenvalue weighted by atomic mass is 10.1. The molecule has 1 atom stereocenters. The number of carbonyl (C=O) groups is 2. The highest BCUT2D eigenvalue weighted by Gasteiger charge is 2.45. The predicted molar refractivity (Wildman–Crippen MR) is 163 cm³/mol. The highest BCUT2D eigenvalue weighted by molar-refractivity contribution is 7.90. The SMILES string of the molecule is CCOc1ncccc1-c1ccc(N2CCN3C(=O)N(c4ccc(Cl)cc4C(F)(F)F)C[C@@H]3C2)c(C(=O)NCCS(C)(=O)=O)n1. The minimum absolute atomic E-state index is 0.0130. The number of ether oxygens (including phenoxy) is 1. The number of fused-ring (bicyclic) bond motifs is 1. The van der Waals surface area contributed by atoms with Gasteiger partial charge in [0.25, 0.3) is 5.91 Å². The molecule has 0 unspecified atom stereocenters. The molecule has 3 amide bonds. The molecule has 2 aliphatic heterocycles. The fourth-order valence-electron chi connectivity index (χ4n) is 5.39. The van der Waals surface area contributed by atoms with E-state index < -0.39 is 39.6 Å². The molecule has 2 aromatic heterocycles. The second kappa shape index (κ2) is 12.7. The molecule has 2 saturated heterocycles. The van der Waals surface area contributed by atoms with Gasteiger partial charge >= 0.3 is 12.2 Å². The first kappa shape index (κ1) is 32.3. The summed E-state index contributed by atoms with van der Waals surface area (Å²) in [5.41, 5.74) is 0.0868. The number of halogens is 4. The first-order valence-corrected chi connectivity index (χ1v) is 16.5. The van der Waals surface area contributed by atoms with Gasteiger partial charge < -0.3 is 19.9 Å². The Balaban J connectivity index is 1.45. The van der Waals surface area contributed by atoms with Crippen LogP contribution in [0.5, 0.6) is 5.88 Å². The summed E-state index contributed by atoms with van der Waals surface area (Å²) in [6.07, 6.45) is -2.09. The molecule has 0 spiro atoms. The number of piperazine rings is 1. The fraction of sp³-hybridized carbons (Fsp3) is 0.379. The van der Waals surface area contributed by atoms with Crippen LogP contribution in [0.4, 0.5) is 29.3 Å². The van der Waals surface area contributed by atoms with Crippen molar-refractivity contribution in [2.24, 2.45) is 0 Å². The molecule has 5 rings (SSSR count). The zero-order valence-electron chi connectivity index (χ0n) is 24.3. The van der Waals surface area contributed by atoms with Crippen LogP contribution in [0.25, 0.3) is 11.3 Å². The van der Waals surface area contributed by atoms with Crippen LogP contribution in [0.2, 0.25) is 5.02 Å². The number of nitrogens with one attached hydrogen (secondary N) is 1. The molecule has 240 valence electrons. The summed E-state index contributed by atoms with van der Waals surface area (Å²) < 4.78 is 70.5. The smallest absolute Gasteiger partial charge is 0.418 e. The molecule has 3 aromatic rings. The molecule has 2 fully saturated rings. The molecular formula is C29H30ClF3N6O5S. The number of carbonyl (C=O) groups excluding carboxylic acids is 2. The predicted octanol–water partition coefficient (Wildman–Crippen LogP) is 4.12. The van der Waals surface area contributed by atoms with Gasteiger partial charge in [-0.2, -0.15) is 13.2 Å². The van der Waals surface area contributed by atoms with E-state index in [4.69, 9.17) is 16.3 Å². The van der Waals surface area contributed by atoms with Gasteiger partial charge in [0, 0.05) is 50.2 Å². The quantitative estimate of drug-likeness (QED) is 0.362. The Labute approximate surface area is 262 Å². The number of benzene rings is 1. The van der Waals surface area contributed by atoms with Crippen LogP contribution >= 0.6 is 11.6 Å². The normalized spacial score (nSPS) is 17.0. The van der Waals surface area contributed by atoms with Gasteiger partial charge in [-0.3, -0.25) is 9.69 Å². The Kier molecular flexibility index (Phi) is 9.12. The maximum Gasteiger partial charge on any atom is 0.418 e. The topological polar surface area (TPSA) is 125 Å². The number of hydrogen-bond donors (Lipinski definition) is 1. The summed E-state index contributed by atoms with van der Waals surface area (Å²) in [7, 11) is -3.34. The van der Waals surface area contributed by atoms with Crippen LogP contribution in [0.15, 0.2) is 48.7 Å². The average Bonchev–Trinajstić information content (AvgIpc) is 3.31. The van der Waals surface area contributed by atoms with Crippen LogP contribution in [-0.2, 0) is 16.0 Å². The fourth-order valence-corrected chi connectivity index (χ4v) is 6.04. The third-order valence-electron chi connectivity index (χ3n) is 7.42. The largest absolute Gasteiger partial charge is 0.477 e. The Bertz CT molecular complexity index is 1720. The van der Waals surface area contributed by atoms with Gasteiger partial charge in [0.1, 0.15) is 9.84 Å². The number of hydrogen-bond acceptors (Lipinski definition) is 8.